The second-order valence-electron chi connectivity index (χ2n) is 8.71. The molecule has 1 aromatic heterocycles. The Morgan fingerprint density at radius 1 is 1.09 bits per heavy atom. The van der Waals surface area contributed by atoms with Crippen molar-refractivity contribution in [2.45, 2.75) is 32.7 Å². The minimum absolute atomic E-state index is 0.413. The minimum Gasteiger partial charge on any atom is -0.491 e. The van der Waals surface area contributed by atoms with Crippen LogP contribution in [0, 0.1) is 0 Å². The van der Waals surface area contributed by atoms with E-state index in [0.29, 0.717) is 38.3 Å². The quantitative estimate of drug-likeness (QED) is 0.386. The first kappa shape index (κ1) is 24.5. The molecule has 0 fully saturated rings. The molecule has 0 atom stereocenters. The summed E-state index contributed by atoms with van der Waals surface area (Å²) in [6.07, 6.45) is 8.17. The number of hydrogen-bond donors (Lipinski definition) is 1. The number of imidazole rings is 1. The average molecular weight is 476 g/mol. The van der Waals surface area contributed by atoms with Gasteiger partial charge in [-0.1, -0.05) is 31.5 Å². The highest BCUT2D eigenvalue weighted by molar-refractivity contribution is 5.94. The Balaban J connectivity index is 1.51. The first-order valence-corrected chi connectivity index (χ1v) is 12.1. The van der Waals surface area contributed by atoms with Crippen LogP contribution in [0.2, 0.25) is 0 Å². The van der Waals surface area contributed by atoms with Crippen LogP contribution in [0.4, 0.5) is 5.69 Å². The fourth-order valence-corrected chi connectivity index (χ4v) is 4.14. The Bertz CT molecular complexity index is 1170. The van der Waals surface area contributed by atoms with E-state index in [2.05, 4.69) is 35.0 Å². The fourth-order valence-electron chi connectivity index (χ4n) is 4.14. The highest BCUT2D eigenvalue weighted by Crippen LogP contribution is 2.33. The Morgan fingerprint density at radius 2 is 1.89 bits per heavy atom. The monoisotopic (exact) mass is 475 g/mol. The molecule has 1 aliphatic rings. The highest BCUT2D eigenvalue weighted by Gasteiger charge is 2.21. The zero-order valence-corrected chi connectivity index (χ0v) is 20.4. The smallest absolute Gasteiger partial charge is 0.331 e. The number of hydrogen-bond acceptors (Lipinski definition) is 5. The largest absolute Gasteiger partial charge is 0.491 e. The number of ether oxygens (including phenoxy) is 2. The molecule has 7 heteroatoms. The molecule has 2 heterocycles. The van der Waals surface area contributed by atoms with Gasteiger partial charge in [-0.15, -0.1) is 0 Å². The number of nitrogens with zero attached hydrogens (tertiary/aromatic N) is 3. The van der Waals surface area contributed by atoms with Crippen molar-refractivity contribution in [2.24, 2.45) is 7.05 Å². The molecule has 7 nitrogen and oxygen atoms in total. The normalized spacial score (nSPS) is 13.2. The number of carboxylic acids is 1. The fraction of sp³-hybridized carbons (Fsp3) is 0.357. The first-order valence-electron chi connectivity index (χ1n) is 12.1. The summed E-state index contributed by atoms with van der Waals surface area (Å²) < 4.78 is 13.3. The molecule has 0 bridgehead atoms. The maximum atomic E-state index is 11.8. The molecular formula is C28H33N3O4. The third-order valence-electron chi connectivity index (χ3n) is 6.20. The van der Waals surface area contributed by atoms with Gasteiger partial charge in [0.05, 0.1) is 13.2 Å². The van der Waals surface area contributed by atoms with Crippen LogP contribution in [0.1, 0.15) is 37.6 Å². The van der Waals surface area contributed by atoms with E-state index >= 15 is 0 Å². The summed E-state index contributed by atoms with van der Waals surface area (Å²) in [4.78, 5) is 18.5. The lowest BCUT2D eigenvalue weighted by molar-refractivity contribution is -0.132. The molecule has 1 N–H and O–H groups in total. The van der Waals surface area contributed by atoms with Crippen LogP contribution >= 0.6 is 0 Å². The third kappa shape index (κ3) is 6.31. The molecule has 4 rings (SSSR count). The standard InChI is InChI=1S/C28H33N3O4/c1-3-4-15-34-16-17-35-25-8-5-21(6-9-25)22-7-10-26-24(18-22)19-23(28(32)33)11-13-31(26)20-27-29-12-14-30(27)2/h5-10,12,14,18-19H,3-4,11,13,15-17,20H2,1-2H3,(H,32,33). The summed E-state index contributed by atoms with van der Waals surface area (Å²) in [5.74, 6) is 0.863. The Morgan fingerprint density at radius 3 is 2.60 bits per heavy atom. The van der Waals surface area contributed by atoms with Gasteiger partial charge in [-0.3, -0.25) is 0 Å². The van der Waals surface area contributed by atoms with Crippen molar-refractivity contribution >= 4 is 17.7 Å². The van der Waals surface area contributed by atoms with Gasteiger partial charge in [-0.2, -0.15) is 0 Å². The Hall–Kier alpha value is -3.58. The van der Waals surface area contributed by atoms with Crippen LogP contribution in [0.25, 0.3) is 17.2 Å². The van der Waals surface area contributed by atoms with E-state index in [0.717, 1.165) is 53.4 Å². The lowest BCUT2D eigenvalue weighted by Crippen LogP contribution is -2.26. The Labute approximate surface area is 206 Å². The highest BCUT2D eigenvalue weighted by atomic mass is 16.5. The van der Waals surface area contributed by atoms with Gasteiger partial charge in [0.15, 0.2) is 0 Å². The van der Waals surface area contributed by atoms with E-state index in [1.807, 2.05) is 42.1 Å². The van der Waals surface area contributed by atoms with E-state index in [4.69, 9.17) is 9.47 Å². The van der Waals surface area contributed by atoms with Crippen LogP contribution in [0.15, 0.2) is 60.4 Å². The molecule has 0 amide bonds. The summed E-state index contributed by atoms with van der Waals surface area (Å²) in [5, 5.41) is 9.70. The van der Waals surface area contributed by atoms with Crippen molar-refractivity contribution in [2.75, 3.05) is 31.3 Å². The number of aryl methyl sites for hydroxylation is 1. The SMILES string of the molecule is CCCCOCCOc1ccc(-c2ccc3c(c2)C=C(C(=O)O)CCN3Cc2nccn2C)cc1. The summed E-state index contributed by atoms with van der Waals surface area (Å²) in [6, 6.07) is 14.2. The van der Waals surface area contributed by atoms with E-state index in [1.165, 1.54) is 0 Å². The second kappa shape index (κ2) is 11.7. The molecule has 2 aromatic carbocycles. The van der Waals surface area contributed by atoms with E-state index in [9.17, 15) is 9.90 Å². The van der Waals surface area contributed by atoms with Crippen LogP contribution in [0.5, 0.6) is 5.75 Å². The molecule has 0 unspecified atom stereocenters. The number of carbonyl (C=O) groups is 1. The number of aromatic nitrogens is 2. The van der Waals surface area contributed by atoms with Gasteiger partial charge in [-0.25, -0.2) is 9.78 Å². The van der Waals surface area contributed by atoms with Crippen LogP contribution in [-0.2, 0) is 23.1 Å². The van der Waals surface area contributed by atoms with Gasteiger partial charge in [0.1, 0.15) is 18.2 Å². The maximum absolute atomic E-state index is 11.8. The maximum Gasteiger partial charge on any atom is 0.331 e. The van der Waals surface area contributed by atoms with Crippen molar-refractivity contribution in [1.82, 2.24) is 9.55 Å². The Kier molecular flexibility index (Phi) is 8.21. The first-order chi connectivity index (χ1) is 17.0. The average Bonchev–Trinajstić information content (AvgIpc) is 3.17. The summed E-state index contributed by atoms with van der Waals surface area (Å²) in [6.45, 7) is 5.26. The van der Waals surface area contributed by atoms with Crippen molar-refractivity contribution in [1.29, 1.82) is 0 Å². The number of aliphatic carboxylic acids is 1. The number of benzene rings is 2. The number of anilines is 1. The van der Waals surface area contributed by atoms with Crippen molar-refractivity contribution < 1.29 is 19.4 Å². The lowest BCUT2D eigenvalue weighted by Gasteiger charge is -2.25. The zero-order valence-electron chi connectivity index (χ0n) is 20.4. The topological polar surface area (TPSA) is 76.8 Å². The number of unbranched alkanes of at least 4 members (excludes halogenated alkanes) is 1. The van der Waals surface area contributed by atoms with Gasteiger partial charge in [0.25, 0.3) is 0 Å². The van der Waals surface area contributed by atoms with Crippen LogP contribution < -0.4 is 9.64 Å². The van der Waals surface area contributed by atoms with Gasteiger partial charge in [-0.05, 0) is 59.9 Å². The van der Waals surface area contributed by atoms with Gasteiger partial charge >= 0.3 is 5.97 Å². The van der Waals surface area contributed by atoms with Gasteiger partial charge in [0, 0.05) is 43.9 Å². The predicted octanol–water partition coefficient (Wildman–Crippen LogP) is 5.16. The molecule has 0 radical (unpaired) electrons. The van der Waals surface area contributed by atoms with Crippen molar-refractivity contribution in [3.8, 4) is 16.9 Å². The molecule has 184 valence electrons. The summed E-state index contributed by atoms with van der Waals surface area (Å²) >= 11 is 0. The molecule has 0 saturated carbocycles. The van der Waals surface area contributed by atoms with E-state index < -0.39 is 5.97 Å². The minimum atomic E-state index is -0.875. The summed E-state index contributed by atoms with van der Waals surface area (Å²) in [5.41, 5.74) is 4.39. The summed E-state index contributed by atoms with van der Waals surface area (Å²) in [7, 11) is 1.97. The van der Waals surface area contributed by atoms with E-state index in [-0.39, 0.29) is 0 Å². The van der Waals surface area contributed by atoms with Crippen LogP contribution in [-0.4, -0.2) is 47.0 Å². The second-order valence-corrected chi connectivity index (χ2v) is 8.71. The number of rotatable bonds is 11. The van der Waals surface area contributed by atoms with Gasteiger partial charge < -0.3 is 24.0 Å². The number of carboxylic acid groups (broad SMARTS) is 1. The van der Waals surface area contributed by atoms with Crippen molar-refractivity contribution in [3.05, 3.63) is 71.8 Å². The molecule has 3 aromatic rings. The third-order valence-corrected chi connectivity index (χ3v) is 6.20. The van der Waals surface area contributed by atoms with Crippen molar-refractivity contribution in [3.63, 3.8) is 0 Å². The molecular weight excluding hydrogens is 442 g/mol. The molecule has 1 aliphatic heterocycles. The molecule has 0 aliphatic carbocycles. The predicted molar refractivity (Wildman–Crippen MR) is 138 cm³/mol. The van der Waals surface area contributed by atoms with Crippen LogP contribution in [0.3, 0.4) is 0 Å². The zero-order chi connectivity index (χ0) is 24.6. The number of fused-ring (bicyclic) bond motifs is 1. The lowest BCUT2D eigenvalue weighted by atomic mass is 10.00. The van der Waals surface area contributed by atoms with E-state index in [1.54, 1.807) is 12.3 Å². The molecule has 0 spiro atoms. The molecule has 35 heavy (non-hydrogen) atoms. The van der Waals surface area contributed by atoms with Gasteiger partial charge in [0.2, 0.25) is 0 Å². The molecule has 0 saturated heterocycles.